The molecule has 0 saturated heterocycles. The largest absolute Gasteiger partial charge is 0.382 e. The van der Waals surface area contributed by atoms with Crippen LogP contribution in [0.15, 0.2) is 40.2 Å². The summed E-state index contributed by atoms with van der Waals surface area (Å²) in [7, 11) is -3.61. The fourth-order valence-electron chi connectivity index (χ4n) is 3.77. The van der Waals surface area contributed by atoms with E-state index in [1.807, 2.05) is 12.1 Å². The predicted molar refractivity (Wildman–Crippen MR) is 111 cm³/mol. The SMILES string of the molecule is CC1CCC(NS(=O)(=O)c2ccc(-c3ccc4c(n3)C(N)=NC4)c(Cl)c2)CC1. The average Bonchev–Trinajstić information content (AvgIpc) is 3.04. The Morgan fingerprint density at radius 2 is 1.89 bits per heavy atom. The second kappa shape index (κ2) is 7.46. The summed E-state index contributed by atoms with van der Waals surface area (Å²) < 4.78 is 28.3. The zero-order valence-corrected chi connectivity index (χ0v) is 17.2. The van der Waals surface area contributed by atoms with Crippen molar-refractivity contribution in [1.82, 2.24) is 9.71 Å². The van der Waals surface area contributed by atoms with Crippen LogP contribution < -0.4 is 10.5 Å². The molecule has 2 aromatic rings. The molecule has 1 aliphatic carbocycles. The summed E-state index contributed by atoms with van der Waals surface area (Å²) in [5.74, 6) is 1.08. The van der Waals surface area contributed by atoms with Crippen LogP contribution in [0.3, 0.4) is 0 Å². The van der Waals surface area contributed by atoms with Gasteiger partial charge in [-0.25, -0.2) is 18.1 Å². The van der Waals surface area contributed by atoms with E-state index in [4.69, 9.17) is 17.3 Å². The minimum atomic E-state index is -3.61. The van der Waals surface area contributed by atoms with E-state index in [2.05, 4.69) is 21.6 Å². The second-order valence-corrected chi connectivity index (χ2v) is 9.75. The van der Waals surface area contributed by atoms with Crippen molar-refractivity contribution in [2.75, 3.05) is 0 Å². The minimum absolute atomic E-state index is 0.0136. The summed E-state index contributed by atoms with van der Waals surface area (Å²) in [6.07, 6.45) is 3.83. The Bertz CT molecular complexity index is 1040. The number of hydrogen-bond acceptors (Lipinski definition) is 5. The Kier molecular flexibility index (Phi) is 5.16. The Morgan fingerprint density at radius 3 is 2.61 bits per heavy atom. The molecule has 28 heavy (non-hydrogen) atoms. The molecule has 1 fully saturated rings. The molecule has 2 heterocycles. The number of fused-ring (bicyclic) bond motifs is 1. The number of sulfonamides is 1. The molecule has 0 bridgehead atoms. The molecule has 8 heteroatoms. The number of amidine groups is 1. The van der Waals surface area contributed by atoms with Crippen molar-refractivity contribution in [2.24, 2.45) is 16.6 Å². The van der Waals surface area contributed by atoms with E-state index in [1.54, 1.807) is 12.1 Å². The summed E-state index contributed by atoms with van der Waals surface area (Å²) in [5, 5.41) is 0.334. The number of aliphatic imine (C=N–C) groups is 1. The average molecular weight is 419 g/mol. The number of rotatable bonds is 4. The first-order valence-corrected chi connectivity index (χ1v) is 11.3. The van der Waals surface area contributed by atoms with E-state index in [0.717, 1.165) is 31.2 Å². The van der Waals surface area contributed by atoms with Gasteiger partial charge in [-0.05, 0) is 55.9 Å². The number of nitrogens with zero attached hydrogens (tertiary/aromatic N) is 2. The number of aromatic nitrogens is 1. The number of hydrogen-bond donors (Lipinski definition) is 2. The highest BCUT2D eigenvalue weighted by molar-refractivity contribution is 7.89. The molecule has 0 unspecified atom stereocenters. The summed E-state index contributed by atoms with van der Waals surface area (Å²) in [5.41, 5.74) is 8.82. The van der Waals surface area contributed by atoms with Gasteiger partial charge in [0.2, 0.25) is 10.0 Å². The van der Waals surface area contributed by atoms with Gasteiger partial charge < -0.3 is 5.73 Å². The second-order valence-electron chi connectivity index (χ2n) is 7.63. The minimum Gasteiger partial charge on any atom is -0.382 e. The lowest BCUT2D eigenvalue weighted by Crippen LogP contribution is -2.37. The molecular weight excluding hydrogens is 396 g/mol. The molecular formula is C20H23ClN4O2S. The molecule has 0 amide bonds. The number of pyridine rings is 1. The van der Waals surface area contributed by atoms with Crippen LogP contribution in [0.1, 0.15) is 43.9 Å². The van der Waals surface area contributed by atoms with Crippen LogP contribution >= 0.6 is 11.6 Å². The first-order chi connectivity index (χ1) is 13.3. The smallest absolute Gasteiger partial charge is 0.240 e. The Labute approximate surface area is 170 Å². The maximum absolute atomic E-state index is 12.8. The quantitative estimate of drug-likeness (QED) is 0.794. The lowest BCUT2D eigenvalue weighted by atomic mass is 9.88. The van der Waals surface area contributed by atoms with E-state index in [0.29, 0.717) is 40.3 Å². The molecule has 148 valence electrons. The molecule has 1 aromatic carbocycles. The van der Waals surface area contributed by atoms with Gasteiger partial charge in [0.05, 0.1) is 22.2 Å². The molecule has 1 aliphatic heterocycles. The van der Waals surface area contributed by atoms with Crippen molar-refractivity contribution >= 4 is 27.5 Å². The highest BCUT2D eigenvalue weighted by atomic mass is 35.5. The summed E-state index contributed by atoms with van der Waals surface area (Å²) in [4.78, 5) is 8.90. The van der Waals surface area contributed by atoms with Gasteiger partial charge in [0.25, 0.3) is 0 Å². The highest BCUT2D eigenvalue weighted by Crippen LogP contribution is 2.31. The van der Waals surface area contributed by atoms with Crippen LogP contribution in [0, 0.1) is 5.92 Å². The molecule has 1 aromatic heterocycles. The fraction of sp³-hybridized carbons (Fsp3) is 0.400. The third-order valence-corrected chi connectivity index (χ3v) is 7.34. The summed E-state index contributed by atoms with van der Waals surface area (Å²) >= 11 is 6.43. The van der Waals surface area contributed by atoms with Gasteiger partial charge >= 0.3 is 0 Å². The first kappa shape index (κ1) is 19.4. The lowest BCUT2D eigenvalue weighted by Gasteiger charge is -2.26. The van der Waals surface area contributed by atoms with E-state index < -0.39 is 10.0 Å². The fourth-order valence-corrected chi connectivity index (χ4v) is 5.44. The van der Waals surface area contributed by atoms with Gasteiger partial charge in [0, 0.05) is 17.2 Å². The third kappa shape index (κ3) is 3.79. The maximum atomic E-state index is 12.8. The predicted octanol–water partition coefficient (Wildman–Crippen LogP) is 3.48. The first-order valence-electron chi connectivity index (χ1n) is 9.46. The van der Waals surface area contributed by atoms with E-state index >= 15 is 0 Å². The van der Waals surface area contributed by atoms with Crippen molar-refractivity contribution in [3.8, 4) is 11.3 Å². The Hall–Kier alpha value is -1.96. The summed E-state index contributed by atoms with van der Waals surface area (Å²) in [6, 6.07) is 8.51. The number of benzene rings is 1. The van der Waals surface area contributed by atoms with Crippen molar-refractivity contribution in [1.29, 1.82) is 0 Å². The monoisotopic (exact) mass is 418 g/mol. The number of nitrogens with two attached hydrogens (primary N) is 1. The topological polar surface area (TPSA) is 97.4 Å². The maximum Gasteiger partial charge on any atom is 0.240 e. The molecule has 2 aliphatic rings. The van der Waals surface area contributed by atoms with Gasteiger partial charge in [-0.2, -0.15) is 0 Å². The van der Waals surface area contributed by atoms with Crippen LogP contribution in [0.25, 0.3) is 11.3 Å². The van der Waals surface area contributed by atoms with E-state index in [1.165, 1.54) is 6.07 Å². The molecule has 3 N–H and O–H groups in total. The van der Waals surface area contributed by atoms with Gasteiger partial charge in [-0.3, -0.25) is 4.99 Å². The van der Waals surface area contributed by atoms with Crippen LogP contribution in [0.4, 0.5) is 0 Å². The van der Waals surface area contributed by atoms with Gasteiger partial charge in [0.1, 0.15) is 11.5 Å². The van der Waals surface area contributed by atoms with E-state index in [9.17, 15) is 8.42 Å². The Morgan fingerprint density at radius 1 is 1.14 bits per heavy atom. The molecule has 0 spiro atoms. The van der Waals surface area contributed by atoms with Crippen LogP contribution in [-0.4, -0.2) is 25.3 Å². The van der Waals surface area contributed by atoms with Crippen LogP contribution in [0.2, 0.25) is 5.02 Å². The molecule has 0 radical (unpaired) electrons. The van der Waals surface area contributed by atoms with Crippen molar-refractivity contribution in [3.05, 3.63) is 46.6 Å². The number of nitrogens with one attached hydrogen (secondary N) is 1. The Balaban J connectivity index is 1.58. The normalized spacial score (nSPS) is 22.0. The third-order valence-electron chi connectivity index (χ3n) is 5.51. The van der Waals surface area contributed by atoms with Crippen molar-refractivity contribution in [2.45, 2.75) is 50.1 Å². The summed E-state index contributed by atoms with van der Waals surface area (Å²) in [6.45, 7) is 2.74. The van der Waals surface area contributed by atoms with Crippen molar-refractivity contribution in [3.63, 3.8) is 0 Å². The zero-order chi connectivity index (χ0) is 19.9. The molecule has 0 atom stereocenters. The van der Waals surface area contributed by atoms with Gasteiger partial charge in [-0.1, -0.05) is 24.6 Å². The van der Waals surface area contributed by atoms with Gasteiger partial charge in [0.15, 0.2) is 0 Å². The van der Waals surface area contributed by atoms with Crippen LogP contribution in [-0.2, 0) is 16.6 Å². The lowest BCUT2D eigenvalue weighted by molar-refractivity contribution is 0.332. The van der Waals surface area contributed by atoms with Crippen molar-refractivity contribution < 1.29 is 8.42 Å². The molecule has 1 saturated carbocycles. The highest BCUT2D eigenvalue weighted by Gasteiger charge is 2.25. The van der Waals surface area contributed by atoms with Crippen LogP contribution in [0.5, 0.6) is 0 Å². The van der Waals surface area contributed by atoms with Gasteiger partial charge in [-0.15, -0.1) is 0 Å². The standard InChI is InChI=1S/C20H23ClN4O2S/c1-12-2-5-14(6-3-12)25-28(26,27)15-7-8-16(17(21)10-15)18-9-4-13-11-23-20(22)19(13)24-18/h4,7-10,12,14,25H,2-3,5-6,11H2,1H3,(H2,22,23). The molecule has 6 nitrogen and oxygen atoms in total. The zero-order valence-electron chi connectivity index (χ0n) is 15.7. The number of halogens is 1. The molecule has 4 rings (SSSR count). The van der Waals surface area contributed by atoms with E-state index in [-0.39, 0.29) is 10.9 Å².